The first-order valence-corrected chi connectivity index (χ1v) is 6.64. The summed E-state index contributed by atoms with van der Waals surface area (Å²) in [6, 6.07) is 12.9. The lowest BCUT2D eigenvalue weighted by molar-refractivity contribution is 0.607. The molecule has 0 heterocycles. The summed E-state index contributed by atoms with van der Waals surface area (Å²) >= 11 is 9.07. The van der Waals surface area contributed by atoms with Gasteiger partial charge in [-0.15, -0.1) is 0 Å². The van der Waals surface area contributed by atoms with E-state index in [0.717, 1.165) is 10.2 Å². The van der Waals surface area contributed by atoms with E-state index in [1.807, 2.05) is 30.3 Å². The summed E-state index contributed by atoms with van der Waals surface area (Å²) in [4.78, 5) is 0. The third-order valence-corrected chi connectivity index (χ3v) is 3.50. The fourth-order valence-electron chi connectivity index (χ4n) is 1.65. The minimum atomic E-state index is -0.782. The van der Waals surface area contributed by atoms with Crippen molar-refractivity contribution in [3.63, 3.8) is 0 Å². The zero-order valence-corrected chi connectivity index (χ0v) is 12.0. The van der Waals surface area contributed by atoms with E-state index in [0.29, 0.717) is 5.02 Å². The third-order valence-electron chi connectivity index (χ3n) is 2.58. The third kappa shape index (κ3) is 3.25. The predicted molar refractivity (Wildman–Crippen MR) is 77.5 cm³/mol. The summed E-state index contributed by atoms with van der Waals surface area (Å²) in [5.41, 5.74) is 0.992. The number of halogens is 3. The molecule has 0 aliphatic rings. The largest absolute Gasteiger partial charge is 0.365 e. The Bertz CT molecular complexity index is 640. The normalized spacial score (nSPS) is 11.7. The van der Waals surface area contributed by atoms with E-state index < -0.39 is 11.9 Å². The van der Waals surface area contributed by atoms with E-state index in [9.17, 15) is 9.65 Å². The number of nitrogens with one attached hydrogen (secondary N) is 1. The predicted octanol–water partition coefficient (Wildman–Crippen LogP) is 4.92. The Balaban J connectivity index is 2.31. The number of hydrogen-bond donors (Lipinski definition) is 1. The van der Waals surface area contributed by atoms with Gasteiger partial charge in [-0.1, -0.05) is 29.8 Å². The van der Waals surface area contributed by atoms with Crippen LogP contribution in [0, 0.1) is 17.1 Å². The number of rotatable bonds is 3. The van der Waals surface area contributed by atoms with Gasteiger partial charge < -0.3 is 5.32 Å². The number of nitriles is 1. The molecular formula is C14H9BrClFN2. The Morgan fingerprint density at radius 2 is 2.00 bits per heavy atom. The van der Waals surface area contributed by atoms with Crippen LogP contribution in [0.3, 0.4) is 0 Å². The van der Waals surface area contributed by atoms with Gasteiger partial charge in [-0.3, -0.25) is 0 Å². The van der Waals surface area contributed by atoms with Crippen LogP contribution in [0.25, 0.3) is 0 Å². The molecule has 0 spiro atoms. The lowest BCUT2D eigenvalue weighted by Crippen LogP contribution is -2.10. The molecule has 1 N–H and O–H groups in total. The molecule has 2 nitrogen and oxygen atoms in total. The molecule has 5 heteroatoms. The number of nitrogens with zero attached hydrogens (tertiary/aromatic N) is 1. The van der Waals surface area contributed by atoms with Crippen molar-refractivity contribution in [3.05, 3.63) is 63.3 Å². The van der Waals surface area contributed by atoms with Crippen LogP contribution in [0.1, 0.15) is 11.6 Å². The Hall–Kier alpha value is -1.57. The van der Waals surface area contributed by atoms with Crippen molar-refractivity contribution in [2.45, 2.75) is 6.04 Å². The highest BCUT2D eigenvalue weighted by Crippen LogP contribution is 2.28. The minimum absolute atomic E-state index is 0.266. The monoisotopic (exact) mass is 338 g/mol. The van der Waals surface area contributed by atoms with Gasteiger partial charge in [-0.05, 0) is 40.2 Å². The first-order valence-electron chi connectivity index (χ1n) is 5.47. The van der Waals surface area contributed by atoms with Gasteiger partial charge in [0.25, 0.3) is 0 Å². The van der Waals surface area contributed by atoms with Crippen molar-refractivity contribution in [1.82, 2.24) is 0 Å². The van der Waals surface area contributed by atoms with E-state index in [2.05, 4.69) is 21.2 Å². The van der Waals surface area contributed by atoms with Crippen molar-refractivity contribution >= 4 is 33.2 Å². The summed E-state index contributed by atoms with van der Waals surface area (Å²) < 4.78 is 14.6. The van der Waals surface area contributed by atoms with Gasteiger partial charge in [0, 0.05) is 20.7 Å². The number of benzene rings is 2. The van der Waals surface area contributed by atoms with E-state index >= 15 is 0 Å². The molecule has 0 saturated carbocycles. The SMILES string of the molecule is N#CC(Nc1ccccc1Br)c1ccc(Cl)cc1F. The molecule has 0 saturated heterocycles. The molecule has 2 aromatic rings. The van der Waals surface area contributed by atoms with Crippen LogP contribution < -0.4 is 5.32 Å². The average Bonchev–Trinajstić information content (AvgIpc) is 2.39. The number of hydrogen-bond acceptors (Lipinski definition) is 2. The van der Waals surface area contributed by atoms with Crippen molar-refractivity contribution in [2.24, 2.45) is 0 Å². The molecule has 1 atom stereocenters. The summed E-state index contributed by atoms with van der Waals surface area (Å²) in [5, 5.41) is 12.5. The molecule has 19 heavy (non-hydrogen) atoms. The fourth-order valence-corrected chi connectivity index (χ4v) is 2.21. The molecule has 0 fully saturated rings. The second kappa shape index (κ2) is 6.05. The highest BCUT2D eigenvalue weighted by molar-refractivity contribution is 9.10. The van der Waals surface area contributed by atoms with Gasteiger partial charge in [0.15, 0.2) is 0 Å². The maximum atomic E-state index is 13.8. The molecule has 0 bridgehead atoms. The fraction of sp³-hybridized carbons (Fsp3) is 0.0714. The first kappa shape index (κ1) is 13.9. The summed E-state index contributed by atoms with van der Waals surface area (Å²) in [6.07, 6.45) is 0. The highest BCUT2D eigenvalue weighted by Gasteiger charge is 2.16. The number of anilines is 1. The van der Waals surface area contributed by atoms with Crippen LogP contribution >= 0.6 is 27.5 Å². The molecule has 2 rings (SSSR count). The van der Waals surface area contributed by atoms with Crippen LogP contribution in [0.2, 0.25) is 5.02 Å². The molecule has 0 aliphatic carbocycles. The van der Waals surface area contributed by atoms with Gasteiger partial charge in [0.05, 0.1) is 6.07 Å². The average molecular weight is 340 g/mol. The lowest BCUT2D eigenvalue weighted by atomic mass is 10.1. The van der Waals surface area contributed by atoms with E-state index in [-0.39, 0.29) is 5.56 Å². The van der Waals surface area contributed by atoms with Crippen molar-refractivity contribution in [3.8, 4) is 6.07 Å². The van der Waals surface area contributed by atoms with Gasteiger partial charge in [-0.25, -0.2) is 4.39 Å². The minimum Gasteiger partial charge on any atom is -0.365 e. The van der Waals surface area contributed by atoms with Crippen LogP contribution in [-0.4, -0.2) is 0 Å². The quantitative estimate of drug-likeness (QED) is 0.861. The summed E-state index contributed by atoms with van der Waals surface area (Å²) in [6.45, 7) is 0. The Labute approximate surface area is 123 Å². The van der Waals surface area contributed by atoms with Crippen LogP contribution in [0.4, 0.5) is 10.1 Å². The molecule has 0 amide bonds. The molecular weight excluding hydrogens is 331 g/mol. The second-order valence-electron chi connectivity index (χ2n) is 3.85. The van der Waals surface area contributed by atoms with Gasteiger partial charge in [-0.2, -0.15) is 5.26 Å². The molecule has 0 aromatic heterocycles. The zero-order valence-electron chi connectivity index (χ0n) is 9.70. The lowest BCUT2D eigenvalue weighted by Gasteiger charge is -2.15. The van der Waals surface area contributed by atoms with Crippen LogP contribution in [-0.2, 0) is 0 Å². The van der Waals surface area contributed by atoms with Gasteiger partial charge in [0.1, 0.15) is 11.9 Å². The molecule has 1 unspecified atom stereocenters. The van der Waals surface area contributed by atoms with Crippen molar-refractivity contribution in [1.29, 1.82) is 5.26 Å². The highest BCUT2D eigenvalue weighted by atomic mass is 79.9. The molecule has 96 valence electrons. The van der Waals surface area contributed by atoms with E-state index in [1.54, 1.807) is 6.07 Å². The van der Waals surface area contributed by atoms with E-state index in [4.69, 9.17) is 11.6 Å². The summed E-state index contributed by atoms with van der Waals surface area (Å²) in [5.74, 6) is -0.501. The van der Waals surface area contributed by atoms with Crippen LogP contribution in [0.15, 0.2) is 46.9 Å². The Kier molecular flexibility index (Phi) is 4.41. The second-order valence-corrected chi connectivity index (χ2v) is 5.14. The van der Waals surface area contributed by atoms with Crippen LogP contribution in [0.5, 0.6) is 0 Å². The molecule has 2 aromatic carbocycles. The maximum absolute atomic E-state index is 13.8. The summed E-state index contributed by atoms with van der Waals surface area (Å²) in [7, 11) is 0. The first-order chi connectivity index (χ1) is 9.11. The Morgan fingerprint density at radius 1 is 1.26 bits per heavy atom. The molecule has 0 aliphatic heterocycles. The number of para-hydroxylation sites is 1. The van der Waals surface area contributed by atoms with Crippen molar-refractivity contribution in [2.75, 3.05) is 5.32 Å². The Morgan fingerprint density at radius 3 is 2.63 bits per heavy atom. The molecule has 0 radical (unpaired) electrons. The zero-order chi connectivity index (χ0) is 13.8. The smallest absolute Gasteiger partial charge is 0.143 e. The van der Waals surface area contributed by atoms with Gasteiger partial charge in [0.2, 0.25) is 0 Å². The van der Waals surface area contributed by atoms with E-state index in [1.165, 1.54) is 12.1 Å². The van der Waals surface area contributed by atoms with Gasteiger partial charge >= 0.3 is 0 Å². The standard InChI is InChI=1S/C14H9BrClFN2/c15-11-3-1-2-4-13(11)19-14(8-18)10-6-5-9(16)7-12(10)17/h1-7,14,19H. The van der Waals surface area contributed by atoms with Crippen molar-refractivity contribution < 1.29 is 4.39 Å². The topological polar surface area (TPSA) is 35.8 Å². The maximum Gasteiger partial charge on any atom is 0.143 e.